The SMILES string of the molecule is CCCCOc1cccc(C(=O)NC(=S)Nc2ccc(NC(=O)c3ccccc3Cl)c(OC)c2)c1. The largest absolute Gasteiger partial charge is 0.494 e. The van der Waals surface area contributed by atoms with Crippen molar-refractivity contribution in [3.8, 4) is 11.5 Å². The minimum absolute atomic E-state index is 0.113. The van der Waals surface area contributed by atoms with Crippen LogP contribution in [0.25, 0.3) is 0 Å². The van der Waals surface area contributed by atoms with Gasteiger partial charge in [0.2, 0.25) is 0 Å². The average molecular weight is 512 g/mol. The van der Waals surface area contributed by atoms with Gasteiger partial charge in [0.15, 0.2) is 5.11 Å². The predicted molar refractivity (Wildman–Crippen MR) is 143 cm³/mol. The minimum Gasteiger partial charge on any atom is -0.494 e. The summed E-state index contributed by atoms with van der Waals surface area (Å²) in [6, 6.07) is 18.7. The first-order valence-corrected chi connectivity index (χ1v) is 11.8. The molecule has 9 heteroatoms. The van der Waals surface area contributed by atoms with Crippen molar-refractivity contribution in [2.45, 2.75) is 19.8 Å². The average Bonchev–Trinajstić information content (AvgIpc) is 2.85. The summed E-state index contributed by atoms with van der Waals surface area (Å²) in [7, 11) is 1.49. The summed E-state index contributed by atoms with van der Waals surface area (Å²) in [6.45, 7) is 2.68. The van der Waals surface area contributed by atoms with Crippen LogP contribution in [0, 0.1) is 0 Å². The number of rotatable bonds is 9. The third-order valence-corrected chi connectivity index (χ3v) is 5.45. The smallest absolute Gasteiger partial charge is 0.257 e. The van der Waals surface area contributed by atoms with Crippen LogP contribution in [0.2, 0.25) is 5.02 Å². The highest BCUT2D eigenvalue weighted by atomic mass is 35.5. The van der Waals surface area contributed by atoms with Gasteiger partial charge in [0.1, 0.15) is 11.5 Å². The van der Waals surface area contributed by atoms with Gasteiger partial charge >= 0.3 is 0 Å². The third-order valence-electron chi connectivity index (χ3n) is 4.92. The number of nitrogens with one attached hydrogen (secondary N) is 3. The number of anilines is 2. The second-order valence-electron chi connectivity index (χ2n) is 7.49. The fraction of sp³-hybridized carbons (Fsp3) is 0.192. The summed E-state index contributed by atoms with van der Waals surface area (Å²) in [5.41, 5.74) is 1.80. The maximum absolute atomic E-state index is 12.6. The lowest BCUT2D eigenvalue weighted by Gasteiger charge is -2.14. The molecule has 0 atom stereocenters. The second-order valence-corrected chi connectivity index (χ2v) is 8.30. The number of hydrogen-bond acceptors (Lipinski definition) is 5. The zero-order valence-corrected chi connectivity index (χ0v) is 21.0. The molecule has 3 N–H and O–H groups in total. The van der Waals surface area contributed by atoms with Crippen LogP contribution in [0.3, 0.4) is 0 Å². The summed E-state index contributed by atoms with van der Waals surface area (Å²) in [5.74, 6) is 0.308. The number of ether oxygens (including phenoxy) is 2. The maximum Gasteiger partial charge on any atom is 0.257 e. The molecule has 0 aliphatic heterocycles. The molecule has 0 spiro atoms. The summed E-state index contributed by atoms with van der Waals surface area (Å²) in [4.78, 5) is 25.2. The van der Waals surface area contributed by atoms with Crippen molar-refractivity contribution in [2.24, 2.45) is 0 Å². The van der Waals surface area contributed by atoms with Gasteiger partial charge in [-0.3, -0.25) is 14.9 Å². The van der Waals surface area contributed by atoms with E-state index in [1.54, 1.807) is 66.7 Å². The van der Waals surface area contributed by atoms with Gasteiger partial charge in [-0.15, -0.1) is 0 Å². The highest BCUT2D eigenvalue weighted by Crippen LogP contribution is 2.29. The lowest BCUT2D eigenvalue weighted by molar-refractivity contribution is 0.0976. The van der Waals surface area contributed by atoms with Gasteiger partial charge in [-0.25, -0.2) is 0 Å². The van der Waals surface area contributed by atoms with Crippen molar-refractivity contribution in [2.75, 3.05) is 24.4 Å². The lowest BCUT2D eigenvalue weighted by atomic mass is 10.2. The Hall–Kier alpha value is -3.62. The molecule has 0 unspecified atom stereocenters. The Kier molecular flexibility index (Phi) is 9.46. The van der Waals surface area contributed by atoms with Crippen LogP contribution in [0.4, 0.5) is 11.4 Å². The quantitative estimate of drug-likeness (QED) is 0.244. The first-order chi connectivity index (χ1) is 16.9. The Morgan fingerprint density at radius 2 is 1.77 bits per heavy atom. The first kappa shape index (κ1) is 26.0. The second kappa shape index (κ2) is 12.7. The Labute approximate surface area is 214 Å². The van der Waals surface area contributed by atoms with Crippen molar-refractivity contribution in [3.05, 3.63) is 82.9 Å². The van der Waals surface area contributed by atoms with E-state index >= 15 is 0 Å². The Balaban J connectivity index is 1.62. The fourth-order valence-corrected chi connectivity index (χ4v) is 3.54. The molecule has 0 saturated carbocycles. The molecule has 3 aromatic rings. The molecule has 0 aliphatic carbocycles. The molecule has 0 fully saturated rings. The molecular weight excluding hydrogens is 486 g/mol. The molecule has 3 aromatic carbocycles. The van der Waals surface area contributed by atoms with Crippen molar-refractivity contribution in [3.63, 3.8) is 0 Å². The molecule has 0 aromatic heterocycles. The van der Waals surface area contributed by atoms with Gasteiger partial charge in [-0.1, -0.05) is 43.1 Å². The number of hydrogen-bond donors (Lipinski definition) is 3. The van der Waals surface area contributed by atoms with E-state index in [1.165, 1.54) is 7.11 Å². The van der Waals surface area contributed by atoms with Gasteiger partial charge in [-0.2, -0.15) is 0 Å². The topological polar surface area (TPSA) is 88.7 Å². The van der Waals surface area contributed by atoms with Crippen molar-refractivity contribution in [1.29, 1.82) is 0 Å². The van der Waals surface area contributed by atoms with Crippen molar-refractivity contribution < 1.29 is 19.1 Å². The number of halogens is 1. The maximum atomic E-state index is 12.6. The fourth-order valence-electron chi connectivity index (χ4n) is 3.11. The van der Waals surface area contributed by atoms with Gasteiger partial charge in [-0.05, 0) is 61.1 Å². The summed E-state index contributed by atoms with van der Waals surface area (Å²) in [6.07, 6.45) is 1.97. The zero-order valence-electron chi connectivity index (χ0n) is 19.4. The van der Waals surface area contributed by atoms with Crippen LogP contribution in [0.1, 0.15) is 40.5 Å². The Morgan fingerprint density at radius 1 is 0.971 bits per heavy atom. The summed E-state index contributed by atoms with van der Waals surface area (Å²) in [5, 5.41) is 8.85. The molecule has 0 heterocycles. The Morgan fingerprint density at radius 3 is 2.51 bits per heavy atom. The van der Waals surface area contributed by atoms with Gasteiger partial charge in [0.25, 0.3) is 11.8 Å². The number of benzene rings is 3. The van der Waals surface area contributed by atoms with Crippen LogP contribution >= 0.6 is 23.8 Å². The molecule has 0 bridgehead atoms. The molecule has 0 saturated heterocycles. The van der Waals surface area contributed by atoms with Crippen LogP contribution in [0.15, 0.2) is 66.7 Å². The van der Waals surface area contributed by atoms with Gasteiger partial charge in [0.05, 0.1) is 30.0 Å². The summed E-state index contributed by atoms with van der Waals surface area (Å²) >= 11 is 11.4. The minimum atomic E-state index is -0.363. The summed E-state index contributed by atoms with van der Waals surface area (Å²) < 4.78 is 11.1. The van der Waals surface area contributed by atoms with E-state index < -0.39 is 0 Å². The molecule has 35 heavy (non-hydrogen) atoms. The van der Waals surface area contributed by atoms with Crippen molar-refractivity contribution >= 4 is 52.1 Å². The monoisotopic (exact) mass is 511 g/mol. The first-order valence-electron chi connectivity index (χ1n) is 11.0. The molecule has 0 aliphatic rings. The van der Waals surface area contributed by atoms with E-state index in [-0.39, 0.29) is 16.9 Å². The highest BCUT2D eigenvalue weighted by molar-refractivity contribution is 7.80. The van der Waals surface area contributed by atoms with Crippen LogP contribution in [-0.2, 0) is 0 Å². The third kappa shape index (κ3) is 7.43. The zero-order chi connectivity index (χ0) is 25.2. The van der Waals surface area contributed by atoms with E-state index in [4.69, 9.17) is 33.3 Å². The molecule has 3 rings (SSSR count). The van der Waals surface area contributed by atoms with E-state index in [9.17, 15) is 9.59 Å². The van der Waals surface area contributed by atoms with E-state index in [0.29, 0.717) is 45.6 Å². The number of carbonyl (C=O) groups excluding carboxylic acids is 2. The molecule has 7 nitrogen and oxygen atoms in total. The molecule has 0 radical (unpaired) electrons. The number of amides is 2. The van der Waals surface area contributed by atoms with E-state index in [0.717, 1.165) is 12.8 Å². The molecule has 182 valence electrons. The van der Waals surface area contributed by atoms with E-state index in [2.05, 4.69) is 22.9 Å². The number of thiocarbonyl (C=S) groups is 1. The standard InChI is InChI=1S/C26H26ClN3O4S/c1-3-4-14-34-19-9-7-8-17(15-19)24(31)30-26(35)28-18-12-13-22(23(16-18)33-2)29-25(32)20-10-5-6-11-21(20)27/h5-13,15-16H,3-4,14H2,1-2H3,(H,29,32)(H2,28,30,31,35). The normalized spacial score (nSPS) is 10.3. The van der Waals surface area contributed by atoms with Gasteiger partial charge < -0.3 is 20.1 Å². The molecule has 2 amide bonds. The van der Waals surface area contributed by atoms with Crippen LogP contribution in [0.5, 0.6) is 11.5 Å². The molecular formula is C26H26ClN3O4S. The number of unbranched alkanes of at least 4 members (excludes halogenated alkanes) is 1. The van der Waals surface area contributed by atoms with E-state index in [1.807, 2.05) is 0 Å². The predicted octanol–water partition coefficient (Wildman–Crippen LogP) is 5.91. The number of methoxy groups -OCH3 is 1. The van der Waals surface area contributed by atoms with Crippen LogP contribution < -0.4 is 25.4 Å². The Bertz CT molecular complexity index is 1220. The number of carbonyl (C=O) groups is 2. The van der Waals surface area contributed by atoms with Gasteiger partial charge in [0, 0.05) is 17.3 Å². The lowest BCUT2D eigenvalue weighted by Crippen LogP contribution is -2.34. The van der Waals surface area contributed by atoms with Crippen LogP contribution in [-0.4, -0.2) is 30.6 Å². The van der Waals surface area contributed by atoms with Crippen molar-refractivity contribution in [1.82, 2.24) is 5.32 Å². The highest BCUT2D eigenvalue weighted by Gasteiger charge is 2.14.